The van der Waals surface area contributed by atoms with Crippen LogP contribution in [0.4, 0.5) is 32.0 Å². The fraction of sp³-hybridized carbons (Fsp3) is 0.250. The summed E-state index contributed by atoms with van der Waals surface area (Å²) >= 11 is 0. The van der Waals surface area contributed by atoms with Crippen LogP contribution in [0.15, 0.2) is 46.3 Å². The second kappa shape index (κ2) is 8.58. The second-order valence-electron chi connectivity index (χ2n) is 5.90. The number of hydrogen-bond acceptors (Lipinski definition) is 7. The molecule has 2 aromatic rings. The van der Waals surface area contributed by atoms with Crippen LogP contribution in [-0.4, -0.2) is 49.6 Å². The zero-order valence-corrected chi connectivity index (χ0v) is 15.8. The molecule has 0 aliphatic heterocycles. The Hall–Kier alpha value is -3.07. The number of nitrogens with one attached hydrogen (secondary N) is 1. The van der Waals surface area contributed by atoms with Crippen LogP contribution in [0.1, 0.15) is 10.5 Å². The van der Waals surface area contributed by atoms with E-state index in [0.29, 0.717) is 6.20 Å². The molecule has 1 amide bonds. The molecule has 0 fully saturated rings. The number of nitrogen functional groups attached to an aromatic ring is 1. The molecule has 2 rings (SSSR count). The van der Waals surface area contributed by atoms with Gasteiger partial charge in [0.2, 0.25) is 9.84 Å². The molecular formula is C16H13F6N3O5S. The number of carbonyl (C=O) groups is 1. The first-order valence-corrected chi connectivity index (χ1v) is 9.49. The lowest BCUT2D eigenvalue weighted by Crippen LogP contribution is -2.41. The molecule has 8 nitrogen and oxygen atoms in total. The highest BCUT2D eigenvalue weighted by atomic mass is 32.2. The minimum atomic E-state index is -4.97. The van der Waals surface area contributed by atoms with E-state index < -0.39 is 67.9 Å². The van der Waals surface area contributed by atoms with Crippen molar-refractivity contribution in [2.75, 3.05) is 12.3 Å². The molecule has 0 spiro atoms. The summed E-state index contributed by atoms with van der Waals surface area (Å²) in [6, 6.07) is 4.02. The number of rotatable bonds is 6. The third-order valence-electron chi connectivity index (χ3n) is 3.62. The van der Waals surface area contributed by atoms with E-state index in [1.54, 1.807) is 5.32 Å². The first-order valence-electron chi connectivity index (χ1n) is 8.00. The number of carbonyl (C=O) groups excluding carboxylic acids is 1. The van der Waals surface area contributed by atoms with E-state index in [9.17, 15) is 39.6 Å². The van der Waals surface area contributed by atoms with Crippen molar-refractivity contribution in [1.29, 1.82) is 0 Å². The van der Waals surface area contributed by atoms with Crippen molar-refractivity contribution in [3.05, 3.63) is 42.2 Å². The number of aromatic nitrogens is 1. The van der Waals surface area contributed by atoms with E-state index in [-0.39, 0.29) is 0 Å². The fourth-order valence-electron chi connectivity index (χ4n) is 2.14. The smallest absolute Gasteiger partial charge is 0.406 e. The molecule has 0 radical (unpaired) electrons. The zero-order chi connectivity index (χ0) is 23.6. The van der Waals surface area contributed by atoms with Crippen molar-refractivity contribution in [2.24, 2.45) is 0 Å². The second-order valence-corrected chi connectivity index (χ2v) is 7.85. The SMILES string of the molecule is Nc1cc(S(=O)(=O)c2ccc(OC(F)(F)F)cc2)cnc1C(=O)NCC(O)C(F)(F)F. The molecule has 0 saturated carbocycles. The normalized spacial score (nSPS) is 13.5. The van der Waals surface area contributed by atoms with Crippen LogP contribution in [0, 0.1) is 0 Å². The summed E-state index contributed by atoms with van der Waals surface area (Å²) in [6.45, 7) is -1.18. The number of alkyl halides is 6. The van der Waals surface area contributed by atoms with Crippen molar-refractivity contribution >= 4 is 21.4 Å². The number of sulfone groups is 1. The van der Waals surface area contributed by atoms with Crippen LogP contribution in [0.3, 0.4) is 0 Å². The van der Waals surface area contributed by atoms with Crippen LogP contribution in [0.5, 0.6) is 5.75 Å². The third-order valence-corrected chi connectivity index (χ3v) is 5.36. The molecule has 1 aromatic heterocycles. The molecule has 0 bridgehead atoms. The lowest BCUT2D eigenvalue weighted by atomic mass is 10.2. The first-order chi connectivity index (χ1) is 14.1. The minimum absolute atomic E-state index is 0.436. The Morgan fingerprint density at radius 2 is 1.71 bits per heavy atom. The van der Waals surface area contributed by atoms with Crippen LogP contribution >= 0.6 is 0 Å². The molecule has 1 heterocycles. The van der Waals surface area contributed by atoms with E-state index in [1.165, 1.54) is 0 Å². The molecule has 1 unspecified atom stereocenters. The van der Waals surface area contributed by atoms with E-state index in [4.69, 9.17) is 10.8 Å². The van der Waals surface area contributed by atoms with Crippen molar-refractivity contribution < 1.29 is 49.4 Å². The maximum atomic E-state index is 12.6. The molecule has 0 aliphatic carbocycles. The molecular weight excluding hydrogens is 460 g/mol. The number of nitrogens with two attached hydrogens (primary N) is 1. The lowest BCUT2D eigenvalue weighted by Gasteiger charge is -2.15. The van der Waals surface area contributed by atoms with Crippen LogP contribution in [0.2, 0.25) is 0 Å². The van der Waals surface area contributed by atoms with Gasteiger partial charge in [-0.1, -0.05) is 0 Å². The van der Waals surface area contributed by atoms with Gasteiger partial charge in [0.1, 0.15) is 5.75 Å². The monoisotopic (exact) mass is 473 g/mol. The van der Waals surface area contributed by atoms with Crippen molar-refractivity contribution in [3.8, 4) is 5.75 Å². The van der Waals surface area contributed by atoms with Gasteiger partial charge in [0, 0.05) is 6.20 Å². The highest BCUT2D eigenvalue weighted by Gasteiger charge is 2.38. The van der Waals surface area contributed by atoms with Gasteiger partial charge in [-0.3, -0.25) is 4.79 Å². The van der Waals surface area contributed by atoms with Gasteiger partial charge in [-0.2, -0.15) is 13.2 Å². The van der Waals surface area contributed by atoms with Gasteiger partial charge in [0.15, 0.2) is 11.8 Å². The summed E-state index contributed by atoms with van der Waals surface area (Å²) in [6.07, 6.45) is -12.1. The quantitative estimate of drug-likeness (QED) is 0.547. The van der Waals surface area contributed by atoms with Gasteiger partial charge in [-0.25, -0.2) is 13.4 Å². The largest absolute Gasteiger partial charge is 0.573 e. The number of amides is 1. The lowest BCUT2D eigenvalue weighted by molar-refractivity contribution is -0.274. The standard InChI is InChI=1S/C16H13F6N3O5S/c17-15(18,19)12(26)7-25-14(27)13-11(23)5-10(6-24-13)31(28,29)9-3-1-8(2-4-9)30-16(20,21)22/h1-6,12,26H,7,23H2,(H,25,27). The third kappa shape index (κ3) is 6.21. The highest BCUT2D eigenvalue weighted by Crippen LogP contribution is 2.27. The number of hydrogen-bond donors (Lipinski definition) is 3. The van der Waals surface area contributed by atoms with Crippen molar-refractivity contribution in [2.45, 2.75) is 28.4 Å². The summed E-state index contributed by atoms with van der Waals surface area (Å²) in [4.78, 5) is 14.5. The predicted octanol–water partition coefficient (Wildman–Crippen LogP) is 2.05. The summed E-state index contributed by atoms with van der Waals surface area (Å²) in [5.41, 5.74) is 4.47. The Morgan fingerprint density at radius 3 is 2.19 bits per heavy atom. The van der Waals surface area contributed by atoms with Gasteiger partial charge >= 0.3 is 12.5 Å². The highest BCUT2D eigenvalue weighted by molar-refractivity contribution is 7.91. The summed E-state index contributed by atoms with van der Waals surface area (Å²) < 4.78 is 102. The molecule has 0 aliphatic rings. The van der Waals surface area contributed by atoms with E-state index in [1.807, 2.05) is 0 Å². The Bertz CT molecular complexity index is 1050. The first kappa shape index (κ1) is 24.2. The van der Waals surface area contributed by atoms with Gasteiger partial charge in [-0.05, 0) is 30.3 Å². The van der Waals surface area contributed by atoms with Crippen LogP contribution in [-0.2, 0) is 9.84 Å². The maximum Gasteiger partial charge on any atom is 0.573 e. The Morgan fingerprint density at radius 1 is 1.13 bits per heavy atom. The molecule has 31 heavy (non-hydrogen) atoms. The van der Waals surface area contributed by atoms with E-state index >= 15 is 0 Å². The molecule has 170 valence electrons. The fourth-order valence-corrected chi connectivity index (χ4v) is 3.38. The van der Waals surface area contributed by atoms with E-state index in [2.05, 4.69) is 9.72 Å². The number of nitrogens with zero attached hydrogens (tertiary/aromatic N) is 1. The van der Waals surface area contributed by atoms with Crippen molar-refractivity contribution in [3.63, 3.8) is 0 Å². The Kier molecular flexibility index (Phi) is 6.70. The molecule has 1 aromatic carbocycles. The maximum absolute atomic E-state index is 12.6. The average Bonchev–Trinajstić information content (AvgIpc) is 2.64. The predicted molar refractivity (Wildman–Crippen MR) is 91.6 cm³/mol. The number of ether oxygens (including phenoxy) is 1. The van der Waals surface area contributed by atoms with Gasteiger partial charge in [0.05, 0.1) is 22.0 Å². The molecule has 1 atom stereocenters. The molecule has 4 N–H and O–H groups in total. The number of pyridine rings is 1. The number of halogens is 6. The number of aliphatic hydroxyl groups is 1. The molecule has 0 saturated heterocycles. The zero-order valence-electron chi connectivity index (χ0n) is 15.0. The Balaban J connectivity index is 2.20. The summed E-state index contributed by atoms with van der Waals surface area (Å²) in [5.74, 6) is -1.85. The van der Waals surface area contributed by atoms with Crippen LogP contribution < -0.4 is 15.8 Å². The van der Waals surface area contributed by atoms with Crippen molar-refractivity contribution in [1.82, 2.24) is 10.3 Å². The Labute approximate surface area is 170 Å². The van der Waals surface area contributed by atoms with Gasteiger partial charge < -0.3 is 20.9 Å². The summed E-state index contributed by atoms with van der Waals surface area (Å²) in [5, 5.41) is 10.6. The minimum Gasteiger partial charge on any atom is -0.406 e. The van der Waals surface area contributed by atoms with E-state index in [0.717, 1.165) is 30.3 Å². The topological polar surface area (TPSA) is 132 Å². The van der Waals surface area contributed by atoms with Crippen LogP contribution in [0.25, 0.3) is 0 Å². The number of anilines is 1. The average molecular weight is 473 g/mol. The number of aliphatic hydroxyl groups excluding tert-OH is 1. The number of benzene rings is 1. The van der Waals surface area contributed by atoms with Gasteiger partial charge in [0.25, 0.3) is 5.91 Å². The summed E-state index contributed by atoms with van der Waals surface area (Å²) in [7, 11) is -4.31. The van der Waals surface area contributed by atoms with Gasteiger partial charge in [-0.15, -0.1) is 13.2 Å². The molecule has 15 heteroatoms.